The highest BCUT2D eigenvalue weighted by Crippen LogP contribution is 2.28. The number of piperidine rings is 3. The number of aryl methyl sites for hydroxylation is 1. The van der Waals surface area contributed by atoms with Gasteiger partial charge in [-0.2, -0.15) is 0 Å². The molecule has 0 spiro atoms. The van der Waals surface area contributed by atoms with Gasteiger partial charge in [0.05, 0.1) is 5.52 Å². The van der Waals surface area contributed by atoms with Crippen LogP contribution in [0.5, 0.6) is 0 Å². The largest absolute Gasteiger partial charge is 0.308 e. The molecule has 1 unspecified atom stereocenters. The lowest BCUT2D eigenvalue weighted by Gasteiger charge is -2.45. The lowest BCUT2D eigenvalue weighted by atomic mass is 9.84. The minimum absolute atomic E-state index is 0.666. The highest BCUT2D eigenvalue weighted by molar-refractivity contribution is 5.82. The average Bonchev–Trinajstić information content (AvgIpc) is 2.53. The molecule has 3 aliphatic heterocycles. The van der Waals surface area contributed by atoms with Gasteiger partial charge in [-0.15, -0.1) is 0 Å². The van der Waals surface area contributed by atoms with Crippen molar-refractivity contribution in [1.29, 1.82) is 0 Å². The third kappa shape index (κ3) is 2.56. The quantitative estimate of drug-likeness (QED) is 0.937. The van der Waals surface area contributed by atoms with Crippen LogP contribution in [0, 0.1) is 12.8 Å². The van der Waals surface area contributed by atoms with Crippen molar-refractivity contribution in [1.82, 2.24) is 15.2 Å². The third-order valence-corrected chi connectivity index (χ3v) is 5.14. The number of para-hydroxylation sites is 1. The number of pyridine rings is 1. The molecule has 21 heavy (non-hydrogen) atoms. The molecule has 0 aliphatic carbocycles. The Kier molecular flexibility index (Phi) is 3.40. The number of hydrogen-bond acceptors (Lipinski definition) is 3. The van der Waals surface area contributed by atoms with E-state index in [4.69, 9.17) is 0 Å². The molecule has 3 aliphatic rings. The molecule has 1 N–H and O–H groups in total. The van der Waals surface area contributed by atoms with Crippen LogP contribution in [0.4, 0.5) is 0 Å². The first-order valence-corrected chi connectivity index (χ1v) is 8.10. The zero-order chi connectivity index (χ0) is 14.2. The van der Waals surface area contributed by atoms with Crippen LogP contribution in [-0.4, -0.2) is 35.6 Å². The molecule has 4 heterocycles. The number of nitrogens with one attached hydrogen (secondary N) is 1. The fourth-order valence-corrected chi connectivity index (χ4v) is 3.98. The summed E-state index contributed by atoms with van der Waals surface area (Å²) < 4.78 is 0. The summed E-state index contributed by atoms with van der Waals surface area (Å²) >= 11 is 0. The van der Waals surface area contributed by atoms with E-state index in [9.17, 15) is 0 Å². The van der Waals surface area contributed by atoms with E-state index in [-0.39, 0.29) is 0 Å². The van der Waals surface area contributed by atoms with Gasteiger partial charge in [-0.1, -0.05) is 18.2 Å². The summed E-state index contributed by atoms with van der Waals surface area (Å²) in [6.45, 7) is 6.88. The molecule has 3 heteroatoms. The smallest absolute Gasteiger partial charge is 0.0708 e. The van der Waals surface area contributed by atoms with Gasteiger partial charge in [0.25, 0.3) is 0 Å². The molecule has 110 valence electrons. The van der Waals surface area contributed by atoms with Crippen LogP contribution in [0.1, 0.15) is 24.1 Å². The molecule has 2 bridgehead atoms. The average molecular weight is 281 g/mol. The molecular formula is C18H23N3. The maximum absolute atomic E-state index is 4.63. The Morgan fingerprint density at radius 1 is 1.24 bits per heavy atom. The predicted octanol–water partition coefficient (Wildman–Crippen LogP) is 2.73. The minimum atomic E-state index is 0.666. The first kappa shape index (κ1) is 13.2. The van der Waals surface area contributed by atoms with Crippen molar-refractivity contribution in [2.24, 2.45) is 5.92 Å². The van der Waals surface area contributed by atoms with Gasteiger partial charge in [0, 0.05) is 30.2 Å². The van der Waals surface area contributed by atoms with E-state index in [1.54, 1.807) is 0 Å². The Morgan fingerprint density at radius 2 is 2.05 bits per heavy atom. The van der Waals surface area contributed by atoms with E-state index in [2.05, 4.69) is 52.5 Å². The molecule has 0 saturated carbocycles. The molecule has 3 saturated heterocycles. The van der Waals surface area contributed by atoms with E-state index in [1.165, 1.54) is 43.4 Å². The molecule has 0 radical (unpaired) electrons. The van der Waals surface area contributed by atoms with Crippen LogP contribution in [0.3, 0.4) is 0 Å². The second-order valence-corrected chi connectivity index (χ2v) is 6.57. The second kappa shape index (κ2) is 5.39. The number of benzene rings is 1. The molecule has 1 aromatic heterocycles. The Labute approximate surface area is 126 Å². The van der Waals surface area contributed by atoms with E-state index in [1.807, 2.05) is 0 Å². The predicted molar refractivity (Wildman–Crippen MR) is 86.3 cm³/mol. The number of hydrogen-bond donors (Lipinski definition) is 1. The first-order chi connectivity index (χ1) is 10.3. The van der Waals surface area contributed by atoms with Gasteiger partial charge in [0.2, 0.25) is 0 Å². The maximum Gasteiger partial charge on any atom is 0.0708 e. The fourth-order valence-electron chi connectivity index (χ4n) is 3.98. The van der Waals surface area contributed by atoms with Gasteiger partial charge in [-0.05, 0) is 56.5 Å². The number of aromatic nitrogens is 1. The maximum atomic E-state index is 4.63. The highest BCUT2D eigenvalue weighted by atomic mass is 15.2. The first-order valence-electron chi connectivity index (χ1n) is 8.10. The van der Waals surface area contributed by atoms with Crippen molar-refractivity contribution in [2.75, 3.05) is 19.6 Å². The molecular weight excluding hydrogens is 258 g/mol. The molecule has 3 nitrogen and oxygen atoms in total. The topological polar surface area (TPSA) is 28.2 Å². The highest BCUT2D eigenvalue weighted by Gasteiger charge is 2.33. The lowest BCUT2D eigenvalue weighted by Crippen LogP contribution is -2.55. The van der Waals surface area contributed by atoms with Crippen LogP contribution in [0.15, 0.2) is 30.3 Å². The second-order valence-electron chi connectivity index (χ2n) is 6.57. The fraction of sp³-hybridized carbons (Fsp3) is 0.500. The molecule has 0 amide bonds. The summed E-state index contributed by atoms with van der Waals surface area (Å²) in [5, 5.41) is 5.11. The summed E-state index contributed by atoms with van der Waals surface area (Å²) in [4.78, 5) is 7.24. The van der Waals surface area contributed by atoms with Gasteiger partial charge in [0.15, 0.2) is 0 Å². The minimum Gasteiger partial charge on any atom is -0.308 e. The normalized spacial score (nSPS) is 28.1. The van der Waals surface area contributed by atoms with Gasteiger partial charge in [-0.3, -0.25) is 4.98 Å². The summed E-state index contributed by atoms with van der Waals surface area (Å²) in [5.41, 5.74) is 3.61. The lowest BCUT2D eigenvalue weighted by molar-refractivity contribution is 0.0720. The zero-order valence-electron chi connectivity index (χ0n) is 12.7. The Bertz CT molecular complexity index is 644. The van der Waals surface area contributed by atoms with Crippen LogP contribution in [0.2, 0.25) is 0 Å². The number of rotatable bonds is 3. The zero-order valence-corrected chi connectivity index (χ0v) is 12.7. The summed E-state index contributed by atoms with van der Waals surface area (Å²) in [6.07, 6.45) is 2.74. The van der Waals surface area contributed by atoms with Crippen LogP contribution in [-0.2, 0) is 6.54 Å². The van der Waals surface area contributed by atoms with Gasteiger partial charge in [0.1, 0.15) is 0 Å². The SMILES string of the molecule is Cc1cc(CNC2CN3CCC2CC3)c2ccccc2n1. The number of nitrogens with zero attached hydrogens (tertiary/aromatic N) is 2. The van der Waals surface area contributed by atoms with Gasteiger partial charge >= 0.3 is 0 Å². The molecule has 1 atom stereocenters. The molecule has 3 fully saturated rings. The van der Waals surface area contributed by atoms with Crippen molar-refractivity contribution in [3.05, 3.63) is 41.6 Å². The standard InChI is InChI=1S/C18H23N3/c1-13-10-15(16-4-2-3-5-17(16)20-13)11-19-18-12-21-8-6-14(18)7-9-21/h2-5,10,14,18-19H,6-9,11-12H2,1H3. The van der Waals surface area contributed by atoms with Crippen molar-refractivity contribution >= 4 is 10.9 Å². The van der Waals surface area contributed by atoms with Crippen molar-refractivity contribution in [3.63, 3.8) is 0 Å². The van der Waals surface area contributed by atoms with Crippen LogP contribution < -0.4 is 5.32 Å². The third-order valence-electron chi connectivity index (χ3n) is 5.14. The summed E-state index contributed by atoms with van der Waals surface area (Å²) in [6, 6.07) is 11.4. The van der Waals surface area contributed by atoms with Gasteiger partial charge < -0.3 is 10.2 Å². The molecule has 5 rings (SSSR count). The molecule has 1 aromatic carbocycles. The van der Waals surface area contributed by atoms with Crippen molar-refractivity contribution in [3.8, 4) is 0 Å². The number of fused-ring (bicyclic) bond motifs is 4. The van der Waals surface area contributed by atoms with E-state index in [0.717, 1.165) is 23.7 Å². The summed E-state index contributed by atoms with van der Waals surface area (Å²) in [7, 11) is 0. The van der Waals surface area contributed by atoms with Gasteiger partial charge in [-0.25, -0.2) is 0 Å². The van der Waals surface area contributed by atoms with Crippen molar-refractivity contribution < 1.29 is 0 Å². The van der Waals surface area contributed by atoms with Crippen LogP contribution >= 0.6 is 0 Å². The Balaban J connectivity index is 1.54. The Morgan fingerprint density at radius 3 is 2.81 bits per heavy atom. The van der Waals surface area contributed by atoms with Crippen molar-refractivity contribution in [2.45, 2.75) is 32.4 Å². The Hall–Kier alpha value is -1.45. The molecule has 2 aromatic rings. The monoisotopic (exact) mass is 281 g/mol. The van der Waals surface area contributed by atoms with E-state index >= 15 is 0 Å². The van der Waals surface area contributed by atoms with E-state index in [0.29, 0.717) is 6.04 Å². The summed E-state index contributed by atoms with van der Waals surface area (Å²) in [5.74, 6) is 0.879. The van der Waals surface area contributed by atoms with Crippen LogP contribution in [0.25, 0.3) is 10.9 Å². The van der Waals surface area contributed by atoms with E-state index < -0.39 is 0 Å².